The maximum absolute atomic E-state index is 3.87. The molecule has 16 heavy (non-hydrogen) atoms. The van der Waals surface area contributed by atoms with Crippen LogP contribution >= 0.6 is 15.9 Å². The van der Waals surface area contributed by atoms with E-state index in [1.807, 2.05) is 0 Å². The Bertz CT molecular complexity index is 352. The van der Waals surface area contributed by atoms with Crippen LogP contribution in [0.1, 0.15) is 54.6 Å². The summed E-state index contributed by atoms with van der Waals surface area (Å²) in [5, 5.41) is 0. The van der Waals surface area contributed by atoms with Crippen LogP contribution in [0, 0.1) is 5.92 Å². The van der Waals surface area contributed by atoms with Crippen LogP contribution in [0.15, 0.2) is 18.2 Å². The summed E-state index contributed by atoms with van der Waals surface area (Å²) >= 11 is 3.87. The summed E-state index contributed by atoms with van der Waals surface area (Å²) in [6.45, 7) is 4.50. The lowest BCUT2D eigenvalue weighted by Crippen LogP contribution is -2.16. The third kappa shape index (κ3) is 2.34. The largest absolute Gasteiger partial charge is 0.0836 e. The average molecular weight is 281 g/mol. The zero-order valence-electron chi connectivity index (χ0n) is 10.3. The third-order valence-electron chi connectivity index (χ3n) is 3.87. The summed E-state index contributed by atoms with van der Waals surface area (Å²) in [6.07, 6.45) is 6.52. The minimum Gasteiger partial charge on any atom is -0.0836 e. The van der Waals surface area contributed by atoms with Gasteiger partial charge in [0.15, 0.2) is 0 Å². The highest BCUT2D eigenvalue weighted by Crippen LogP contribution is 2.43. The summed E-state index contributed by atoms with van der Waals surface area (Å²) in [7, 11) is 0. The molecule has 1 saturated carbocycles. The fourth-order valence-electron chi connectivity index (χ4n) is 2.50. The quantitative estimate of drug-likeness (QED) is 0.678. The van der Waals surface area contributed by atoms with E-state index in [2.05, 4.69) is 48.0 Å². The Morgan fingerprint density at radius 1 is 1.19 bits per heavy atom. The van der Waals surface area contributed by atoms with E-state index >= 15 is 0 Å². The van der Waals surface area contributed by atoms with Gasteiger partial charge in [-0.05, 0) is 48.3 Å². The minimum absolute atomic E-state index is 0.581. The van der Waals surface area contributed by atoms with Crippen LogP contribution in [-0.4, -0.2) is 0 Å². The molecule has 0 radical (unpaired) electrons. The van der Waals surface area contributed by atoms with Gasteiger partial charge in [0.05, 0.1) is 0 Å². The normalized spacial score (nSPS) is 18.2. The Labute approximate surface area is 108 Å². The summed E-state index contributed by atoms with van der Waals surface area (Å²) in [6, 6.07) is 7.05. The van der Waals surface area contributed by atoms with Gasteiger partial charge in [-0.25, -0.2) is 0 Å². The molecule has 0 N–H and O–H groups in total. The van der Waals surface area contributed by atoms with E-state index in [9.17, 15) is 0 Å². The van der Waals surface area contributed by atoms with Gasteiger partial charge in [0.2, 0.25) is 0 Å². The van der Waals surface area contributed by atoms with Crippen LogP contribution in [0.4, 0.5) is 0 Å². The third-order valence-corrected chi connectivity index (χ3v) is 5.15. The molecule has 0 nitrogen and oxygen atoms in total. The van der Waals surface area contributed by atoms with Crippen molar-refractivity contribution in [3.8, 4) is 0 Å². The molecule has 1 fully saturated rings. The van der Waals surface area contributed by atoms with E-state index in [1.165, 1.54) is 36.0 Å². The molecule has 0 heterocycles. The predicted octanol–water partition coefficient (Wildman–Crippen LogP) is 5.05. The van der Waals surface area contributed by atoms with Crippen molar-refractivity contribution in [2.24, 2.45) is 5.92 Å². The smallest absolute Gasteiger partial charge is 0.0423 e. The Balaban J connectivity index is 2.20. The predicted molar refractivity (Wildman–Crippen MR) is 74.2 cm³/mol. The fraction of sp³-hybridized carbons (Fsp3) is 0.600. The van der Waals surface area contributed by atoms with Crippen LogP contribution in [0.25, 0.3) is 0 Å². The minimum atomic E-state index is 0.581. The first-order chi connectivity index (χ1) is 7.76. The highest BCUT2D eigenvalue weighted by molar-refractivity contribution is 9.09. The molecule has 0 aromatic heterocycles. The van der Waals surface area contributed by atoms with E-state index in [-0.39, 0.29) is 0 Å². The van der Waals surface area contributed by atoms with E-state index in [1.54, 1.807) is 0 Å². The molecule has 88 valence electrons. The van der Waals surface area contributed by atoms with E-state index in [4.69, 9.17) is 0 Å². The fourth-order valence-corrected chi connectivity index (χ4v) is 3.31. The van der Waals surface area contributed by atoms with Crippen LogP contribution in [-0.2, 0) is 12.8 Å². The van der Waals surface area contributed by atoms with Crippen LogP contribution in [0.2, 0.25) is 0 Å². The van der Waals surface area contributed by atoms with Crippen molar-refractivity contribution in [3.63, 3.8) is 0 Å². The molecule has 1 unspecified atom stereocenters. The molecule has 1 atom stereocenters. The van der Waals surface area contributed by atoms with Gasteiger partial charge >= 0.3 is 0 Å². The maximum Gasteiger partial charge on any atom is 0.0423 e. The lowest BCUT2D eigenvalue weighted by Gasteiger charge is -2.30. The lowest BCUT2D eigenvalue weighted by atomic mass is 9.80. The Morgan fingerprint density at radius 3 is 2.38 bits per heavy atom. The van der Waals surface area contributed by atoms with Crippen LogP contribution in [0.5, 0.6) is 0 Å². The molecular formula is C15H21Br. The molecule has 1 aromatic rings. The second kappa shape index (κ2) is 5.35. The molecule has 1 aromatic carbocycles. The summed E-state index contributed by atoms with van der Waals surface area (Å²) in [5.74, 6) is 0.872. The van der Waals surface area contributed by atoms with Crippen molar-refractivity contribution < 1.29 is 0 Å². The van der Waals surface area contributed by atoms with E-state index in [0.717, 1.165) is 18.8 Å². The van der Waals surface area contributed by atoms with Crippen molar-refractivity contribution in [3.05, 3.63) is 34.9 Å². The first-order valence-corrected chi connectivity index (χ1v) is 7.43. The van der Waals surface area contributed by atoms with Crippen molar-refractivity contribution in [1.82, 2.24) is 0 Å². The molecule has 0 spiro atoms. The molecule has 1 aliphatic rings. The Hall–Kier alpha value is -0.300. The number of hydrogen-bond donors (Lipinski definition) is 0. The first kappa shape index (κ1) is 12.2. The summed E-state index contributed by atoms with van der Waals surface area (Å²) < 4.78 is 0. The number of aryl methyl sites for hydroxylation is 2. The zero-order chi connectivity index (χ0) is 11.5. The number of benzene rings is 1. The van der Waals surface area contributed by atoms with Gasteiger partial charge in [-0.15, -0.1) is 0 Å². The van der Waals surface area contributed by atoms with Crippen LogP contribution < -0.4 is 0 Å². The SMILES string of the molecule is CCc1ccc(C(Br)C2CCC2)cc1CC. The van der Waals surface area contributed by atoms with Gasteiger partial charge in [-0.2, -0.15) is 0 Å². The van der Waals surface area contributed by atoms with Gasteiger partial charge in [0.25, 0.3) is 0 Å². The lowest BCUT2D eigenvalue weighted by molar-refractivity contribution is 0.312. The summed E-state index contributed by atoms with van der Waals surface area (Å²) in [4.78, 5) is 0.581. The molecule has 1 heteroatoms. The van der Waals surface area contributed by atoms with Gasteiger partial charge < -0.3 is 0 Å². The van der Waals surface area contributed by atoms with E-state index in [0.29, 0.717) is 4.83 Å². The van der Waals surface area contributed by atoms with Gasteiger partial charge in [-0.3, -0.25) is 0 Å². The topological polar surface area (TPSA) is 0 Å². The summed E-state index contributed by atoms with van der Waals surface area (Å²) in [5.41, 5.74) is 4.53. The van der Waals surface area contributed by atoms with Crippen molar-refractivity contribution in [2.45, 2.75) is 50.8 Å². The second-order valence-corrected chi connectivity index (χ2v) is 5.81. The number of halogens is 1. The Morgan fingerprint density at radius 2 is 1.88 bits per heavy atom. The highest BCUT2D eigenvalue weighted by atomic mass is 79.9. The second-order valence-electron chi connectivity index (χ2n) is 4.83. The molecule has 0 amide bonds. The first-order valence-electron chi connectivity index (χ1n) is 6.52. The van der Waals surface area contributed by atoms with Crippen molar-refractivity contribution in [1.29, 1.82) is 0 Å². The van der Waals surface area contributed by atoms with Gasteiger partial charge in [0, 0.05) is 4.83 Å². The molecule has 0 aliphatic heterocycles. The van der Waals surface area contributed by atoms with Gasteiger partial charge in [-0.1, -0.05) is 54.4 Å². The maximum atomic E-state index is 3.87. The molecule has 1 aliphatic carbocycles. The standard InChI is InChI=1S/C15H21Br/c1-3-11-8-9-14(10-12(11)4-2)15(16)13-6-5-7-13/h8-10,13,15H,3-7H2,1-2H3. The Kier molecular flexibility index (Phi) is 4.07. The molecule has 2 rings (SSSR count). The average Bonchev–Trinajstić information content (AvgIpc) is 2.25. The van der Waals surface area contributed by atoms with Crippen molar-refractivity contribution >= 4 is 15.9 Å². The number of hydrogen-bond acceptors (Lipinski definition) is 0. The molecule has 0 bridgehead atoms. The van der Waals surface area contributed by atoms with Crippen molar-refractivity contribution in [2.75, 3.05) is 0 Å². The van der Waals surface area contributed by atoms with E-state index < -0.39 is 0 Å². The number of rotatable bonds is 4. The van der Waals surface area contributed by atoms with Gasteiger partial charge in [0.1, 0.15) is 0 Å². The monoisotopic (exact) mass is 280 g/mol. The molecular weight excluding hydrogens is 260 g/mol. The zero-order valence-corrected chi connectivity index (χ0v) is 11.9. The molecule has 0 saturated heterocycles. The van der Waals surface area contributed by atoms with Crippen LogP contribution in [0.3, 0.4) is 0 Å². The number of alkyl halides is 1. The highest BCUT2D eigenvalue weighted by Gasteiger charge is 2.26.